The number of hydrogen-bond donors (Lipinski definition) is 3. The normalized spacial score (nSPS) is 29.2. The molecule has 18 heteroatoms. The van der Waals surface area contributed by atoms with E-state index >= 15 is 4.39 Å². The number of nitrogens with zero attached hydrogens (tertiary/aromatic N) is 2. The average Bonchev–Trinajstić information content (AvgIpc) is 4.02. The third-order valence-electron chi connectivity index (χ3n) is 12.3. The van der Waals surface area contributed by atoms with Gasteiger partial charge in [0.1, 0.15) is 23.7 Å². The lowest BCUT2D eigenvalue weighted by molar-refractivity contribution is -0.152. The second kappa shape index (κ2) is 16.1. The van der Waals surface area contributed by atoms with E-state index in [9.17, 15) is 36.4 Å². The molecule has 2 aliphatic heterocycles. The molecule has 6 rings (SSSR count). The second-order valence-electron chi connectivity index (χ2n) is 17.4. The first kappa shape index (κ1) is 44.0. The van der Waals surface area contributed by atoms with E-state index in [0.29, 0.717) is 49.8 Å². The third kappa shape index (κ3) is 9.11. The first-order chi connectivity index (χ1) is 27.5. The SMILES string of the molecule is CCOc1cc2ccnc(O[C@@H]3C[C@H]4C(=O)N[C@]5(C(=O)NS(=O)(=O)C6(C)CC6)C[C@H]5/C=C\CC[C@@H](C)C[C@@H](C)[C@H](NC(=O)OC(C)(C)C(C)(F)F)C(=O)N4C3)c2cc1F. The molecule has 2 aromatic rings. The Morgan fingerprint density at radius 3 is 2.49 bits per heavy atom. The van der Waals surface area contributed by atoms with Gasteiger partial charge < -0.3 is 29.7 Å². The fourth-order valence-corrected chi connectivity index (χ4v) is 9.05. The van der Waals surface area contributed by atoms with Crippen molar-refractivity contribution in [2.45, 2.75) is 133 Å². The molecular formula is C41H54F3N5O9S. The van der Waals surface area contributed by atoms with E-state index in [2.05, 4.69) is 20.3 Å². The highest BCUT2D eigenvalue weighted by Crippen LogP contribution is 2.48. The Labute approximate surface area is 342 Å². The fourth-order valence-electron chi connectivity index (χ4n) is 7.74. The summed E-state index contributed by atoms with van der Waals surface area (Å²) >= 11 is 0. The number of sulfonamides is 1. The number of halogens is 3. The number of hydrogen-bond acceptors (Lipinski definition) is 10. The van der Waals surface area contributed by atoms with Crippen molar-refractivity contribution >= 4 is 44.6 Å². The molecule has 2 saturated carbocycles. The zero-order chi connectivity index (χ0) is 43.3. The summed E-state index contributed by atoms with van der Waals surface area (Å²) in [5.74, 6) is -7.62. The lowest BCUT2D eigenvalue weighted by Crippen LogP contribution is -2.59. The van der Waals surface area contributed by atoms with Gasteiger partial charge in [-0.2, -0.15) is 0 Å². The van der Waals surface area contributed by atoms with Crippen LogP contribution in [0.1, 0.15) is 93.4 Å². The lowest BCUT2D eigenvalue weighted by Gasteiger charge is -2.35. The van der Waals surface area contributed by atoms with Crippen molar-refractivity contribution in [3.63, 3.8) is 0 Å². The Hall–Kier alpha value is -4.61. The molecule has 7 atom stereocenters. The van der Waals surface area contributed by atoms with E-state index in [1.807, 2.05) is 13.0 Å². The Balaban J connectivity index is 1.36. The number of alkyl carbamates (subject to hydrolysis) is 1. The zero-order valence-corrected chi connectivity index (χ0v) is 35.2. The molecule has 1 aromatic heterocycles. The highest BCUT2D eigenvalue weighted by atomic mass is 32.2. The predicted molar refractivity (Wildman–Crippen MR) is 211 cm³/mol. The van der Waals surface area contributed by atoms with Crippen molar-refractivity contribution in [3.05, 3.63) is 42.4 Å². The molecule has 0 bridgehead atoms. The van der Waals surface area contributed by atoms with Crippen molar-refractivity contribution in [3.8, 4) is 11.6 Å². The second-order valence-corrected chi connectivity index (χ2v) is 19.6. The zero-order valence-electron chi connectivity index (χ0n) is 34.4. The van der Waals surface area contributed by atoms with Crippen LogP contribution in [0.4, 0.5) is 18.0 Å². The van der Waals surface area contributed by atoms with E-state index in [1.54, 1.807) is 26.0 Å². The van der Waals surface area contributed by atoms with E-state index in [0.717, 1.165) is 13.8 Å². The summed E-state index contributed by atoms with van der Waals surface area (Å²) in [5, 5.41) is 6.15. The lowest BCUT2D eigenvalue weighted by atomic mass is 9.88. The van der Waals surface area contributed by atoms with E-state index in [4.69, 9.17) is 14.2 Å². The summed E-state index contributed by atoms with van der Waals surface area (Å²) in [5.41, 5.74) is -3.89. The number of benzene rings is 1. The fraction of sp³-hybridized carbons (Fsp3) is 0.634. The van der Waals surface area contributed by atoms with Gasteiger partial charge >= 0.3 is 6.09 Å². The summed E-state index contributed by atoms with van der Waals surface area (Å²) in [6.45, 7) is 9.65. The molecule has 0 spiro atoms. The Bertz CT molecular complexity index is 2130. The van der Waals surface area contributed by atoms with Crippen molar-refractivity contribution in [2.75, 3.05) is 13.2 Å². The van der Waals surface area contributed by atoms with Crippen molar-refractivity contribution in [2.24, 2.45) is 17.8 Å². The van der Waals surface area contributed by atoms with Crippen LogP contribution in [-0.2, 0) is 29.1 Å². The van der Waals surface area contributed by atoms with Gasteiger partial charge in [0.15, 0.2) is 17.2 Å². The maximum atomic E-state index is 15.1. The van der Waals surface area contributed by atoms with E-state index < -0.39 is 91.5 Å². The molecule has 2 aliphatic carbocycles. The molecule has 1 saturated heterocycles. The monoisotopic (exact) mass is 849 g/mol. The number of pyridine rings is 1. The van der Waals surface area contributed by atoms with Crippen LogP contribution in [0.25, 0.3) is 10.8 Å². The molecular weight excluding hydrogens is 796 g/mol. The Kier molecular flexibility index (Phi) is 12.0. The summed E-state index contributed by atoms with van der Waals surface area (Å²) < 4.78 is 88.2. The first-order valence-electron chi connectivity index (χ1n) is 20.1. The number of nitrogens with one attached hydrogen (secondary N) is 3. The van der Waals surface area contributed by atoms with Gasteiger partial charge in [0.05, 0.1) is 17.9 Å². The minimum atomic E-state index is -4.08. The molecule has 59 heavy (non-hydrogen) atoms. The number of amides is 4. The van der Waals surface area contributed by atoms with Crippen molar-refractivity contribution < 1.29 is 55.0 Å². The molecule has 4 amide bonds. The smallest absolute Gasteiger partial charge is 0.408 e. The average molecular weight is 850 g/mol. The molecule has 3 N–H and O–H groups in total. The molecule has 3 heterocycles. The topological polar surface area (TPSA) is 182 Å². The minimum Gasteiger partial charge on any atom is -0.491 e. The number of carbonyl (C=O) groups is 4. The molecule has 1 aromatic carbocycles. The summed E-state index contributed by atoms with van der Waals surface area (Å²) in [6.07, 6.45) is 5.23. The van der Waals surface area contributed by atoms with Crippen LogP contribution in [0.3, 0.4) is 0 Å². The van der Waals surface area contributed by atoms with Crippen molar-refractivity contribution in [1.82, 2.24) is 25.2 Å². The van der Waals surface area contributed by atoms with Gasteiger partial charge in [-0.1, -0.05) is 26.0 Å². The van der Waals surface area contributed by atoms with Crippen LogP contribution < -0.4 is 24.8 Å². The van der Waals surface area contributed by atoms with Gasteiger partial charge in [-0.15, -0.1) is 0 Å². The standard InChI is InChI=1S/C41H54F3N5O9S/c1-8-56-31-18-25-13-16-45-34(28(25)20-29(31)42)57-27-19-30-33(50)47-41(36(52)48-59(54,55)39(6)14-15-39)21-26(41)12-10-9-11-23(2)17-24(3)32(35(51)49(30)22-27)46-37(53)58-38(4,5)40(7,43)44/h10,12-13,16,18,20,23-24,26-27,30,32H,8-9,11,14-15,17,19,21-22H2,1-7H3,(H,46,53)(H,47,50)(H,48,52)/b12-10-/t23-,24-,26-,27-,30+,32+,41-/m1/s1. The molecule has 14 nitrogen and oxygen atoms in total. The summed E-state index contributed by atoms with van der Waals surface area (Å²) in [4.78, 5) is 62.1. The maximum Gasteiger partial charge on any atom is 0.408 e. The largest absolute Gasteiger partial charge is 0.491 e. The van der Waals surface area contributed by atoms with Crippen LogP contribution in [-0.4, -0.2) is 95.3 Å². The molecule has 324 valence electrons. The van der Waals surface area contributed by atoms with Gasteiger partial charge in [-0.05, 0) is 102 Å². The molecule has 0 unspecified atom stereocenters. The summed E-state index contributed by atoms with van der Waals surface area (Å²) in [6, 6.07) is 1.66. The molecule has 4 aliphatic rings. The van der Waals surface area contributed by atoms with Gasteiger partial charge in [-0.3, -0.25) is 19.1 Å². The van der Waals surface area contributed by atoms with E-state index in [1.165, 1.54) is 30.2 Å². The van der Waals surface area contributed by atoms with Crippen LogP contribution in [0.15, 0.2) is 36.5 Å². The van der Waals surface area contributed by atoms with Gasteiger partial charge in [0.25, 0.3) is 11.8 Å². The van der Waals surface area contributed by atoms with Crippen LogP contribution in [0.2, 0.25) is 0 Å². The number of alkyl halides is 2. The summed E-state index contributed by atoms with van der Waals surface area (Å²) in [7, 11) is -4.08. The van der Waals surface area contributed by atoms with Gasteiger partial charge in [0.2, 0.25) is 27.7 Å². The number of rotatable bonds is 10. The number of ether oxygens (including phenoxy) is 3. The first-order valence-corrected chi connectivity index (χ1v) is 21.6. The van der Waals surface area contributed by atoms with Gasteiger partial charge in [-0.25, -0.2) is 31.4 Å². The Morgan fingerprint density at radius 1 is 1.12 bits per heavy atom. The number of allylic oxidation sites excluding steroid dienone is 1. The molecule has 0 radical (unpaired) electrons. The van der Waals surface area contributed by atoms with Crippen LogP contribution in [0.5, 0.6) is 11.6 Å². The molecule has 3 fully saturated rings. The highest BCUT2D eigenvalue weighted by Gasteiger charge is 2.63. The van der Waals surface area contributed by atoms with Crippen molar-refractivity contribution in [1.29, 1.82) is 0 Å². The minimum absolute atomic E-state index is 0.00714. The van der Waals surface area contributed by atoms with Crippen LogP contribution >= 0.6 is 0 Å². The maximum absolute atomic E-state index is 15.1. The van der Waals surface area contributed by atoms with E-state index in [-0.39, 0.29) is 43.5 Å². The number of aromatic nitrogens is 1. The third-order valence-corrected chi connectivity index (χ3v) is 14.4. The number of fused-ring (bicyclic) bond motifs is 3. The Morgan fingerprint density at radius 2 is 1.83 bits per heavy atom. The quantitative estimate of drug-likeness (QED) is 0.257. The highest BCUT2D eigenvalue weighted by molar-refractivity contribution is 7.91. The van der Waals surface area contributed by atoms with Crippen LogP contribution in [0, 0.1) is 23.6 Å². The predicted octanol–water partition coefficient (Wildman–Crippen LogP) is 5.54. The van der Waals surface area contributed by atoms with Gasteiger partial charge in [0, 0.05) is 30.8 Å². The number of carbonyl (C=O) groups excluding carboxylic acids is 4.